The van der Waals surface area contributed by atoms with Crippen LogP contribution in [-0.4, -0.2) is 13.7 Å². The fourth-order valence-electron chi connectivity index (χ4n) is 2.38. The van der Waals surface area contributed by atoms with Crippen LogP contribution in [-0.2, 0) is 10.0 Å². The Morgan fingerprint density at radius 3 is 2.39 bits per heavy atom. The molecule has 4 nitrogen and oxygen atoms in total. The van der Waals surface area contributed by atoms with E-state index in [4.69, 9.17) is 5.73 Å². The van der Waals surface area contributed by atoms with Crippen molar-refractivity contribution in [2.45, 2.75) is 44.8 Å². The van der Waals surface area contributed by atoms with Gasteiger partial charge in [0, 0.05) is 5.69 Å². The Bertz CT molecular complexity index is 546. The summed E-state index contributed by atoms with van der Waals surface area (Å²) >= 11 is 0. The fourth-order valence-corrected chi connectivity index (χ4v) is 4.03. The van der Waals surface area contributed by atoms with Crippen LogP contribution in [0.25, 0.3) is 0 Å². The fraction of sp³-hybridized carbons (Fsp3) is 0.538. The van der Waals surface area contributed by atoms with Gasteiger partial charge in [-0.25, -0.2) is 8.42 Å². The van der Waals surface area contributed by atoms with Gasteiger partial charge in [-0.15, -0.1) is 0 Å². The van der Waals surface area contributed by atoms with E-state index in [1.54, 1.807) is 6.07 Å². The molecule has 0 saturated heterocycles. The van der Waals surface area contributed by atoms with Gasteiger partial charge < -0.3 is 5.73 Å². The average Bonchev–Trinajstić information content (AvgIpc) is 2.79. The lowest BCUT2D eigenvalue weighted by Crippen LogP contribution is -2.25. The highest BCUT2D eigenvalue weighted by Crippen LogP contribution is 2.28. The zero-order valence-electron chi connectivity index (χ0n) is 10.9. The first-order chi connectivity index (χ1) is 8.40. The van der Waals surface area contributed by atoms with Gasteiger partial charge in [-0.2, -0.15) is 0 Å². The van der Waals surface area contributed by atoms with Crippen LogP contribution in [0.15, 0.2) is 12.1 Å². The first-order valence-electron chi connectivity index (χ1n) is 6.28. The molecule has 100 valence electrons. The molecular formula is C13H20N2O2S. The Morgan fingerprint density at radius 2 is 1.78 bits per heavy atom. The number of benzene rings is 1. The molecule has 3 N–H and O–H groups in total. The van der Waals surface area contributed by atoms with Crippen molar-refractivity contribution in [3.63, 3.8) is 0 Å². The zero-order valence-corrected chi connectivity index (χ0v) is 11.7. The maximum Gasteiger partial charge on any atom is 0.235 e. The van der Waals surface area contributed by atoms with Gasteiger partial charge in [0.25, 0.3) is 0 Å². The third-order valence-electron chi connectivity index (χ3n) is 3.61. The number of hydrogen-bond acceptors (Lipinski definition) is 3. The number of rotatable bonds is 3. The lowest BCUT2D eigenvalue weighted by atomic mass is 10.1. The van der Waals surface area contributed by atoms with Gasteiger partial charge in [-0.3, -0.25) is 4.72 Å². The van der Waals surface area contributed by atoms with Gasteiger partial charge in [0.1, 0.15) is 0 Å². The summed E-state index contributed by atoms with van der Waals surface area (Å²) in [6, 6.07) is 3.61. The van der Waals surface area contributed by atoms with E-state index in [0.29, 0.717) is 11.4 Å². The lowest BCUT2D eigenvalue weighted by molar-refractivity contribution is 0.585. The monoisotopic (exact) mass is 268 g/mol. The van der Waals surface area contributed by atoms with E-state index in [2.05, 4.69) is 4.72 Å². The third-order valence-corrected chi connectivity index (χ3v) is 5.46. The van der Waals surface area contributed by atoms with Crippen molar-refractivity contribution in [2.24, 2.45) is 0 Å². The molecule has 0 amide bonds. The van der Waals surface area contributed by atoms with Crippen LogP contribution in [0.2, 0.25) is 0 Å². The second-order valence-corrected chi connectivity index (χ2v) is 7.04. The van der Waals surface area contributed by atoms with Crippen LogP contribution in [0.1, 0.15) is 36.8 Å². The van der Waals surface area contributed by atoms with E-state index in [-0.39, 0.29) is 5.25 Å². The van der Waals surface area contributed by atoms with Crippen LogP contribution >= 0.6 is 0 Å². The number of nitrogens with one attached hydrogen (secondary N) is 1. The second kappa shape index (κ2) is 4.80. The molecule has 0 radical (unpaired) electrons. The molecule has 0 unspecified atom stereocenters. The Labute approximate surface area is 109 Å². The number of nitrogen functional groups attached to an aromatic ring is 1. The van der Waals surface area contributed by atoms with Gasteiger partial charge in [-0.05, 0) is 49.9 Å². The van der Waals surface area contributed by atoms with E-state index in [0.717, 1.165) is 36.8 Å². The largest absolute Gasteiger partial charge is 0.399 e. The Morgan fingerprint density at radius 1 is 1.17 bits per heavy atom. The van der Waals surface area contributed by atoms with Gasteiger partial charge in [-0.1, -0.05) is 12.8 Å². The van der Waals surface area contributed by atoms with Gasteiger partial charge in [0.05, 0.1) is 10.9 Å². The summed E-state index contributed by atoms with van der Waals surface area (Å²) in [5.74, 6) is 0. The summed E-state index contributed by atoms with van der Waals surface area (Å²) in [6.07, 6.45) is 3.54. The maximum atomic E-state index is 12.2. The summed E-state index contributed by atoms with van der Waals surface area (Å²) in [4.78, 5) is 0. The van der Waals surface area contributed by atoms with Crippen molar-refractivity contribution < 1.29 is 8.42 Å². The smallest absolute Gasteiger partial charge is 0.235 e. The average molecular weight is 268 g/mol. The molecule has 1 aliphatic carbocycles. The van der Waals surface area contributed by atoms with E-state index >= 15 is 0 Å². The van der Waals surface area contributed by atoms with E-state index in [9.17, 15) is 8.42 Å². The van der Waals surface area contributed by atoms with Crippen molar-refractivity contribution >= 4 is 21.4 Å². The van der Waals surface area contributed by atoms with Crippen LogP contribution in [0.5, 0.6) is 0 Å². The van der Waals surface area contributed by atoms with Gasteiger partial charge >= 0.3 is 0 Å². The lowest BCUT2D eigenvalue weighted by Gasteiger charge is -2.16. The van der Waals surface area contributed by atoms with Crippen molar-refractivity contribution in [3.05, 3.63) is 23.3 Å². The number of hydrogen-bond donors (Lipinski definition) is 2. The molecule has 1 aromatic rings. The molecule has 0 bridgehead atoms. The molecule has 18 heavy (non-hydrogen) atoms. The predicted octanol–water partition coefficient (Wildman–Crippen LogP) is 2.57. The minimum absolute atomic E-state index is 0.241. The minimum Gasteiger partial charge on any atom is -0.399 e. The SMILES string of the molecule is Cc1cc(NS(=O)(=O)C2CCCC2)c(C)cc1N. The minimum atomic E-state index is -3.26. The molecule has 1 aliphatic rings. The van der Waals surface area contributed by atoms with Gasteiger partial charge in [0.15, 0.2) is 0 Å². The summed E-state index contributed by atoms with van der Waals surface area (Å²) in [7, 11) is -3.26. The number of nitrogens with two attached hydrogens (primary N) is 1. The van der Waals surface area contributed by atoms with E-state index in [1.807, 2.05) is 19.9 Å². The molecule has 1 aromatic carbocycles. The second-order valence-electron chi connectivity index (χ2n) is 5.08. The first kappa shape index (κ1) is 13.2. The molecule has 0 heterocycles. The van der Waals surface area contributed by atoms with Crippen molar-refractivity contribution in [1.29, 1.82) is 0 Å². The Hall–Kier alpha value is -1.23. The zero-order chi connectivity index (χ0) is 13.3. The standard InChI is InChI=1S/C13H20N2O2S/c1-9-8-13(10(2)7-12(9)14)15-18(16,17)11-5-3-4-6-11/h7-8,11,15H,3-6,14H2,1-2H3. The van der Waals surface area contributed by atoms with Crippen molar-refractivity contribution in [1.82, 2.24) is 0 Å². The summed E-state index contributed by atoms with van der Waals surface area (Å²) < 4.78 is 27.1. The molecule has 0 atom stereocenters. The molecule has 0 aliphatic heterocycles. The van der Waals surface area contributed by atoms with Crippen LogP contribution in [0.4, 0.5) is 11.4 Å². The Kier molecular flexibility index (Phi) is 3.52. The van der Waals surface area contributed by atoms with Gasteiger partial charge in [0.2, 0.25) is 10.0 Å². The summed E-state index contributed by atoms with van der Waals surface area (Å²) in [5, 5.41) is -0.241. The van der Waals surface area contributed by atoms with E-state index in [1.165, 1.54) is 0 Å². The number of anilines is 2. The normalized spacial score (nSPS) is 17.0. The summed E-state index contributed by atoms with van der Waals surface area (Å²) in [5.41, 5.74) is 8.89. The number of sulfonamides is 1. The highest BCUT2D eigenvalue weighted by Gasteiger charge is 2.28. The topological polar surface area (TPSA) is 72.2 Å². The van der Waals surface area contributed by atoms with Crippen LogP contribution in [0.3, 0.4) is 0 Å². The first-order valence-corrected chi connectivity index (χ1v) is 7.83. The van der Waals surface area contributed by atoms with Crippen LogP contribution in [0, 0.1) is 13.8 Å². The highest BCUT2D eigenvalue weighted by molar-refractivity contribution is 7.93. The Balaban J connectivity index is 2.26. The molecule has 0 aromatic heterocycles. The molecule has 1 saturated carbocycles. The summed E-state index contributed by atoms with van der Waals surface area (Å²) in [6.45, 7) is 3.74. The van der Waals surface area contributed by atoms with Crippen molar-refractivity contribution in [2.75, 3.05) is 10.5 Å². The van der Waals surface area contributed by atoms with Crippen molar-refractivity contribution in [3.8, 4) is 0 Å². The molecular weight excluding hydrogens is 248 g/mol. The molecule has 2 rings (SSSR count). The van der Waals surface area contributed by atoms with Crippen LogP contribution < -0.4 is 10.5 Å². The number of aryl methyl sites for hydroxylation is 2. The highest BCUT2D eigenvalue weighted by atomic mass is 32.2. The third kappa shape index (κ3) is 2.61. The van der Waals surface area contributed by atoms with E-state index < -0.39 is 10.0 Å². The molecule has 0 spiro atoms. The molecule has 1 fully saturated rings. The maximum absolute atomic E-state index is 12.2. The predicted molar refractivity (Wildman–Crippen MR) is 75.1 cm³/mol. The molecule has 5 heteroatoms. The quantitative estimate of drug-likeness (QED) is 0.828.